The van der Waals surface area contributed by atoms with E-state index < -0.39 is 5.67 Å². The maximum atomic E-state index is 14.3. The molecule has 0 aliphatic carbocycles. The van der Waals surface area contributed by atoms with Gasteiger partial charge in [-0.25, -0.2) is 9.37 Å². The standard InChI is InChI=1S/C9H13FN2OS/c10-9(1-3-11-4-2-9)8-12-5-7(6-13)14-8/h5,11,13H,1-4,6H2. The van der Waals surface area contributed by atoms with E-state index in [9.17, 15) is 4.39 Å². The fourth-order valence-electron chi connectivity index (χ4n) is 1.62. The molecule has 0 spiro atoms. The van der Waals surface area contributed by atoms with E-state index in [1.807, 2.05) is 0 Å². The summed E-state index contributed by atoms with van der Waals surface area (Å²) >= 11 is 1.27. The summed E-state index contributed by atoms with van der Waals surface area (Å²) in [6.45, 7) is 1.35. The van der Waals surface area contributed by atoms with Crippen molar-refractivity contribution in [3.8, 4) is 0 Å². The first-order chi connectivity index (χ1) is 6.74. The van der Waals surface area contributed by atoms with Crippen LogP contribution in [0.2, 0.25) is 0 Å². The van der Waals surface area contributed by atoms with Crippen molar-refractivity contribution in [1.29, 1.82) is 0 Å². The average Bonchev–Trinajstić information content (AvgIpc) is 2.67. The molecule has 1 saturated heterocycles. The molecule has 2 N–H and O–H groups in total. The van der Waals surface area contributed by atoms with Gasteiger partial charge in [0.2, 0.25) is 0 Å². The number of rotatable bonds is 2. The van der Waals surface area contributed by atoms with Crippen LogP contribution in [0.15, 0.2) is 6.20 Å². The molecule has 1 aliphatic rings. The van der Waals surface area contributed by atoms with Gasteiger partial charge in [-0.2, -0.15) is 0 Å². The molecular formula is C9H13FN2OS. The number of halogens is 1. The van der Waals surface area contributed by atoms with E-state index in [1.54, 1.807) is 6.20 Å². The van der Waals surface area contributed by atoms with Gasteiger partial charge in [-0.1, -0.05) is 0 Å². The molecule has 2 heterocycles. The zero-order valence-electron chi connectivity index (χ0n) is 7.79. The number of aliphatic hydroxyl groups excluding tert-OH is 1. The lowest BCUT2D eigenvalue weighted by atomic mass is 9.95. The second kappa shape index (κ2) is 3.92. The summed E-state index contributed by atoms with van der Waals surface area (Å²) in [6.07, 6.45) is 2.51. The number of alkyl halides is 1. The molecular weight excluding hydrogens is 203 g/mol. The molecule has 0 amide bonds. The van der Waals surface area contributed by atoms with E-state index >= 15 is 0 Å². The van der Waals surface area contributed by atoms with Gasteiger partial charge in [-0.15, -0.1) is 11.3 Å². The first-order valence-corrected chi connectivity index (χ1v) is 5.52. The van der Waals surface area contributed by atoms with Gasteiger partial charge in [0.25, 0.3) is 0 Å². The highest BCUT2D eigenvalue weighted by molar-refractivity contribution is 7.11. The van der Waals surface area contributed by atoms with Crippen molar-refractivity contribution in [2.24, 2.45) is 0 Å². The minimum Gasteiger partial charge on any atom is -0.391 e. The second-order valence-electron chi connectivity index (χ2n) is 3.51. The van der Waals surface area contributed by atoms with Gasteiger partial charge < -0.3 is 10.4 Å². The Morgan fingerprint density at radius 3 is 2.86 bits per heavy atom. The van der Waals surface area contributed by atoms with Crippen LogP contribution in [0.25, 0.3) is 0 Å². The number of hydrogen-bond donors (Lipinski definition) is 2. The molecule has 2 rings (SSSR count). The summed E-state index contributed by atoms with van der Waals surface area (Å²) < 4.78 is 14.3. The smallest absolute Gasteiger partial charge is 0.164 e. The van der Waals surface area contributed by atoms with Gasteiger partial charge in [0.05, 0.1) is 11.5 Å². The second-order valence-corrected chi connectivity index (χ2v) is 4.62. The minimum atomic E-state index is -1.27. The quantitative estimate of drug-likeness (QED) is 0.780. The molecule has 78 valence electrons. The van der Waals surface area contributed by atoms with Crippen LogP contribution in [0.4, 0.5) is 4.39 Å². The van der Waals surface area contributed by atoms with Crippen molar-refractivity contribution in [2.45, 2.75) is 25.1 Å². The van der Waals surface area contributed by atoms with Gasteiger partial charge in [-0.3, -0.25) is 0 Å². The Morgan fingerprint density at radius 1 is 1.57 bits per heavy atom. The SMILES string of the molecule is OCc1cnc(C2(F)CCNCC2)s1. The molecule has 1 aromatic rings. The number of piperidine rings is 1. The van der Waals surface area contributed by atoms with E-state index in [1.165, 1.54) is 11.3 Å². The van der Waals surface area contributed by atoms with Crippen LogP contribution in [0.1, 0.15) is 22.7 Å². The number of aliphatic hydroxyl groups is 1. The minimum absolute atomic E-state index is 0.0496. The van der Waals surface area contributed by atoms with E-state index in [2.05, 4.69) is 10.3 Å². The summed E-state index contributed by atoms with van der Waals surface area (Å²) in [7, 11) is 0. The zero-order chi connectivity index (χ0) is 10.0. The average molecular weight is 216 g/mol. The molecule has 14 heavy (non-hydrogen) atoms. The molecule has 0 aromatic carbocycles. The van der Waals surface area contributed by atoms with Crippen molar-refractivity contribution in [2.75, 3.05) is 13.1 Å². The number of aromatic nitrogens is 1. The number of hydrogen-bond acceptors (Lipinski definition) is 4. The van der Waals surface area contributed by atoms with Gasteiger partial charge in [-0.05, 0) is 13.1 Å². The molecule has 0 atom stereocenters. The Hall–Kier alpha value is -0.520. The van der Waals surface area contributed by atoms with E-state index in [-0.39, 0.29) is 6.61 Å². The van der Waals surface area contributed by atoms with Gasteiger partial charge >= 0.3 is 0 Å². The predicted molar refractivity (Wildman–Crippen MR) is 52.9 cm³/mol. The largest absolute Gasteiger partial charge is 0.391 e. The lowest BCUT2D eigenvalue weighted by Gasteiger charge is -2.27. The van der Waals surface area contributed by atoms with Crippen molar-refractivity contribution in [1.82, 2.24) is 10.3 Å². The van der Waals surface area contributed by atoms with Crippen molar-refractivity contribution < 1.29 is 9.50 Å². The summed E-state index contributed by atoms with van der Waals surface area (Å²) in [5.74, 6) is 0. The summed E-state index contributed by atoms with van der Waals surface area (Å²) in [5.41, 5.74) is -1.27. The Kier molecular flexibility index (Phi) is 2.80. The molecule has 3 nitrogen and oxygen atoms in total. The normalized spacial score (nSPS) is 21.0. The van der Waals surface area contributed by atoms with Gasteiger partial charge in [0.1, 0.15) is 5.01 Å². The molecule has 0 radical (unpaired) electrons. The first kappa shape index (κ1) is 10.0. The zero-order valence-corrected chi connectivity index (χ0v) is 8.61. The highest BCUT2D eigenvalue weighted by Gasteiger charge is 2.36. The maximum absolute atomic E-state index is 14.3. The summed E-state index contributed by atoms with van der Waals surface area (Å²) in [4.78, 5) is 4.77. The third-order valence-electron chi connectivity index (χ3n) is 2.49. The van der Waals surface area contributed by atoms with Crippen molar-refractivity contribution in [3.05, 3.63) is 16.1 Å². The molecule has 1 aromatic heterocycles. The van der Waals surface area contributed by atoms with Crippen LogP contribution in [-0.4, -0.2) is 23.2 Å². The molecule has 1 aliphatic heterocycles. The third-order valence-corrected chi connectivity index (χ3v) is 3.65. The number of nitrogens with zero attached hydrogens (tertiary/aromatic N) is 1. The van der Waals surface area contributed by atoms with Crippen molar-refractivity contribution in [3.63, 3.8) is 0 Å². The maximum Gasteiger partial charge on any atom is 0.164 e. The highest BCUT2D eigenvalue weighted by atomic mass is 32.1. The molecule has 0 saturated carbocycles. The van der Waals surface area contributed by atoms with E-state index in [0.29, 0.717) is 30.9 Å². The van der Waals surface area contributed by atoms with Crippen molar-refractivity contribution >= 4 is 11.3 Å². The van der Waals surface area contributed by atoms with Gasteiger partial charge in [0, 0.05) is 19.0 Å². The molecule has 5 heteroatoms. The topological polar surface area (TPSA) is 45.2 Å². The summed E-state index contributed by atoms with van der Waals surface area (Å²) in [6, 6.07) is 0. The van der Waals surface area contributed by atoms with E-state index in [0.717, 1.165) is 4.88 Å². The van der Waals surface area contributed by atoms with Crippen LogP contribution in [0.3, 0.4) is 0 Å². The van der Waals surface area contributed by atoms with Crippen LogP contribution >= 0.6 is 11.3 Å². The van der Waals surface area contributed by atoms with Crippen LogP contribution in [-0.2, 0) is 12.3 Å². The molecule has 0 bridgehead atoms. The first-order valence-electron chi connectivity index (χ1n) is 4.70. The fraction of sp³-hybridized carbons (Fsp3) is 0.667. The van der Waals surface area contributed by atoms with Gasteiger partial charge in [0.15, 0.2) is 5.67 Å². The monoisotopic (exact) mass is 216 g/mol. The fourth-order valence-corrected chi connectivity index (χ4v) is 2.54. The Bertz CT molecular complexity index is 310. The predicted octanol–water partition coefficient (Wildman–Crippen LogP) is 1.18. The van der Waals surface area contributed by atoms with E-state index in [4.69, 9.17) is 5.11 Å². The lowest BCUT2D eigenvalue weighted by molar-refractivity contribution is 0.115. The van der Waals surface area contributed by atoms with Crippen LogP contribution < -0.4 is 5.32 Å². The Labute approximate surface area is 86.0 Å². The van der Waals surface area contributed by atoms with Crippen LogP contribution in [0, 0.1) is 0 Å². The van der Waals surface area contributed by atoms with Crippen LogP contribution in [0.5, 0.6) is 0 Å². The summed E-state index contributed by atoms with van der Waals surface area (Å²) in [5, 5.41) is 12.5. The Balaban J connectivity index is 2.19. The number of thiazole rings is 1. The Morgan fingerprint density at radius 2 is 2.29 bits per heavy atom. The highest BCUT2D eigenvalue weighted by Crippen LogP contribution is 2.37. The molecule has 0 unspecified atom stereocenters. The number of nitrogens with one attached hydrogen (secondary N) is 1. The lowest BCUT2D eigenvalue weighted by Crippen LogP contribution is -2.36. The third kappa shape index (κ3) is 1.80. The molecule has 1 fully saturated rings.